The number of aromatic nitrogens is 2. The molecule has 0 aliphatic carbocycles. The highest BCUT2D eigenvalue weighted by Crippen LogP contribution is 2.19. The fourth-order valence-electron chi connectivity index (χ4n) is 3.19. The highest BCUT2D eigenvalue weighted by atomic mass is 35.5. The summed E-state index contributed by atoms with van der Waals surface area (Å²) in [6.45, 7) is 6.49. The molecule has 158 valence electrons. The van der Waals surface area contributed by atoms with Gasteiger partial charge in [0.15, 0.2) is 0 Å². The molecule has 1 amide bonds. The number of hydrogen-bond acceptors (Lipinski definition) is 5. The zero-order valence-electron chi connectivity index (χ0n) is 17.4. The molecule has 0 aliphatic heterocycles. The number of nitrogens with zero attached hydrogens (tertiary/aromatic N) is 3. The monoisotopic (exact) mass is 426 g/mol. The summed E-state index contributed by atoms with van der Waals surface area (Å²) >= 11 is 5.90. The Morgan fingerprint density at radius 2 is 2.00 bits per heavy atom. The third-order valence-electron chi connectivity index (χ3n) is 4.82. The zero-order valence-corrected chi connectivity index (χ0v) is 18.2. The molecule has 0 unspecified atom stereocenters. The largest absolute Gasteiger partial charge is 0.370 e. The minimum Gasteiger partial charge on any atom is -0.370 e. The zero-order chi connectivity index (χ0) is 21.3. The summed E-state index contributed by atoms with van der Waals surface area (Å²) < 4.78 is 5.28. The summed E-state index contributed by atoms with van der Waals surface area (Å²) in [5.74, 6) is 1.10. The molecule has 0 radical (unpaired) electrons. The Balaban J connectivity index is 1.38. The molecule has 3 aromatic rings. The Kier molecular flexibility index (Phi) is 7.85. The van der Waals surface area contributed by atoms with E-state index in [2.05, 4.69) is 58.5 Å². The standard InChI is InChI=1S/C23H27ClN4O2/c1-3-28(20-7-4-6-17(2)16-20)15-14-25-21(29)8-5-9-22-26-23(27-30-22)18-10-12-19(24)13-11-18/h4,6-7,10-13,16H,3,5,8-9,14-15H2,1-2H3,(H,25,29). The molecule has 30 heavy (non-hydrogen) atoms. The number of anilines is 1. The van der Waals surface area contributed by atoms with Gasteiger partial charge in [-0.3, -0.25) is 4.79 Å². The van der Waals surface area contributed by atoms with Gasteiger partial charge in [0, 0.05) is 48.7 Å². The van der Waals surface area contributed by atoms with Crippen LogP contribution in [0.5, 0.6) is 0 Å². The fraction of sp³-hybridized carbons (Fsp3) is 0.348. The number of aryl methyl sites for hydroxylation is 2. The smallest absolute Gasteiger partial charge is 0.226 e. The van der Waals surface area contributed by atoms with Gasteiger partial charge in [0.05, 0.1) is 0 Å². The number of benzene rings is 2. The molecule has 0 saturated heterocycles. The van der Waals surface area contributed by atoms with Crippen LogP contribution in [0.3, 0.4) is 0 Å². The first-order valence-corrected chi connectivity index (χ1v) is 10.6. The molecule has 2 aromatic carbocycles. The molecule has 0 fully saturated rings. The highest BCUT2D eigenvalue weighted by Gasteiger charge is 2.10. The molecule has 1 aromatic heterocycles. The molecule has 0 aliphatic rings. The molecule has 0 saturated carbocycles. The van der Waals surface area contributed by atoms with Gasteiger partial charge in [0.1, 0.15) is 0 Å². The van der Waals surface area contributed by atoms with Crippen LogP contribution in [0.2, 0.25) is 5.02 Å². The van der Waals surface area contributed by atoms with E-state index in [4.69, 9.17) is 16.1 Å². The topological polar surface area (TPSA) is 71.3 Å². The Labute approximate surface area is 182 Å². The van der Waals surface area contributed by atoms with Crippen LogP contribution in [-0.2, 0) is 11.2 Å². The SMILES string of the molecule is CCN(CCNC(=O)CCCc1nc(-c2ccc(Cl)cc2)no1)c1cccc(C)c1. The lowest BCUT2D eigenvalue weighted by atomic mass is 10.2. The van der Waals surface area contributed by atoms with Crippen LogP contribution in [0, 0.1) is 6.92 Å². The number of hydrogen-bond donors (Lipinski definition) is 1. The average molecular weight is 427 g/mol. The summed E-state index contributed by atoms with van der Waals surface area (Å²) in [6, 6.07) is 15.7. The Bertz CT molecular complexity index is 956. The van der Waals surface area contributed by atoms with Crippen molar-refractivity contribution < 1.29 is 9.32 Å². The third kappa shape index (κ3) is 6.32. The summed E-state index contributed by atoms with van der Waals surface area (Å²) in [4.78, 5) is 18.8. The Morgan fingerprint density at radius 3 is 2.73 bits per heavy atom. The van der Waals surface area contributed by atoms with E-state index in [-0.39, 0.29) is 5.91 Å². The first-order chi connectivity index (χ1) is 14.5. The third-order valence-corrected chi connectivity index (χ3v) is 5.07. The van der Waals surface area contributed by atoms with Gasteiger partial charge >= 0.3 is 0 Å². The molecular formula is C23H27ClN4O2. The van der Waals surface area contributed by atoms with E-state index in [0.717, 1.165) is 18.7 Å². The van der Waals surface area contributed by atoms with E-state index in [0.29, 0.717) is 42.5 Å². The predicted octanol–water partition coefficient (Wildman–Crippen LogP) is 4.66. The van der Waals surface area contributed by atoms with Crippen LogP contribution in [0.15, 0.2) is 53.1 Å². The number of nitrogens with one attached hydrogen (secondary N) is 1. The van der Waals surface area contributed by atoms with E-state index < -0.39 is 0 Å². The quantitative estimate of drug-likeness (QED) is 0.510. The molecule has 6 nitrogen and oxygen atoms in total. The van der Waals surface area contributed by atoms with E-state index in [1.807, 2.05) is 12.1 Å². The minimum atomic E-state index is 0.0349. The molecule has 7 heteroatoms. The number of likely N-dealkylation sites (N-methyl/N-ethyl adjacent to an activating group) is 1. The first-order valence-electron chi connectivity index (χ1n) is 10.2. The Hall–Kier alpha value is -2.86. The van der Waals surface area contributed by atoms with Gasteiger partial charge in [-0.2, -0.15) is 4.98 Å². The summed E-state index contributed by atoms with van der Waals surface area (Å²) in [5.41, 5.74) is 3.26. The number of rotatable bonds is 10. The number of carbonyl (C=O) groups excluding carboxylic acids is 1. The van der Waals surface area contributed by atoms with Gasteiger partial charge in [-0.15, -0.1) is 0 Å². The second-order valence-electron chi connectivity index (χ2n) is 7.14. The molecular weight excluding hydrogens is 400 g/mol. The van der Waals surface area contributed by atoms with Crippen molar-refractivity contribution in [3.05, 3.63) is 65.0 Å². The number of amides is 1. The van der Waals surface area contributed by atoms with Crippen LogP contribution >= 0.6 is 11.6 Å². The van der Waals surface area contributed by atoms with Crippen molar-refractivity contribution in [3.63, 3.8) is 0 Å². The van der Waals surface area contributed by atoms with Crippen LogP contribution in [0.1, 0.15) is 31.2 Å². The molecule has 0 bridgehead atoms. The van der Waals surface area contributed by atoms with Gasteiger partial charge in [-0.1, -0.05) is 28.9 Å². The van der Waals surface area contributed by atoms with E-state index in [1.165, 1.54) is 11.3 Å². The van der Waals surface area contributed by atoms with Crippen molar-refractivity contribution in [2.45, 2.75) is 33.1 Å². The van der Waals surface area contributed by atoms with Crippen molar-refractivity contribution in [3.8, 4) is 11.4 Å². The van der Waals surface area contributed by atoms with Crippen molar-refractivity contribution in [1.82, 2.24) is 15.5 Å². The van der Waals surface area contributed by atoms with E-state index >= 15 is 0 Å². The normalized spacial score (nSPS) is 10.8. The van der Waals surface area contributed by atoms with Crippen LogP contribution in [0.25, 0.3) is 11.4 Å². The van der Waals surface area contributed by atoms with E-state index in [1.54, 1.807) is 12.1 Å². The molecule has 1 N–H and O–H groups in total. The summed E-state index contributed by atoms with van der Waals surface area (Å²) in [5, 5.41) is 7.65. The lowest BCUT2D eigenvalue weighted by Gasteiger charge is -2.23. The van der Waals surface area contributed by atoms with Crippen LogP contribution in [-0.4, -0.2) is 35.7 Å². The molecule has 3 rings (SSSR count). The maximum absolute atomic E-state index is 12.1. The van der Waals surface area contributed by atoms with Gasteiger partial charge in [-0.05, 0) is 62.2 Å². The van der Waals surface area contributed by atoms with Crippen LogP contribution in [0.4, 0.5) is 5.69 Å². The molecule has 0 spiro atoms. The summed E-state index contributed by atoms with van der Waals surface area (Å²) in [7, 11) is 0. The molecule has 1 heterocycles. The number of carbonyl (C=O) groups is 1. The maximum atomic E-state index is 12.1. The predicted molar refractivity (Wildman–Crippen MR) is 120 cm³/mol. The first kappa shape index (κ1) is 21.8. The highest BCUT2D eigenvalue weighted by molar-refractivity contribution is 6.30. The van der Waals surface area contributed by atoms with Crippen molar-refractivity contribution in [2.24, 2.45) is 0 Å². The van der Waals surface area contributed by atoms with Gasteiger partial charge in [-0.25, -0.2) is 0 Å². The average Bonchev–Trinajstić information content (AvgIpc) is 3.20. The van der Waals surface area contributed by atoms with Crippen LogP contribution < -0.4 is 10.2 Å². The van der Waals surface area contributed by atoms with Crippen molar-refractivity contribution >= 4 is 23.2 Å². The maximum Gasteiger partial charge on any atom is 0.226 e. The van der Waals surface area contributed by atoms with Gasteiger partial charge in [0.25, 0.3) is 0 Å². The van der Waals surface area contributed by atoms with E-state index in [9.17, 15) is 4.79 Å². The Morgan fingerprint density at radius 1 is 1.20 bits per heavy atom. The van der Waals surface area contributed by atoms with Crippen molar-refractivity contribution in [1.29, 1.82) is 0 Å². The lowest BCUT2D eigenvalue weighted by molar-refractivity contribution is -0.121. The minimum absolute atomic E-state index is 0.0349. The second kappa shape index (κ2) is 10.8. The van der Waals surface area contributed by atoms with Gasteiger partial charge < -0.3 is 14.7 Å². The van der Waals surface area contributed by atoms with Gasteiger partial charge in [0.2, 0.25) is 17.6 Å². The second-order valence-corrected chi connectivity index (χ2v) is 7.58. The molecule has 0 atom stereocenters. The lowest BCUT2D eigenvalue weighted by Crippen LogP contribution is -2.34. The van der Waals surface area contributed by atoms with Crippen molar-refractivity contribution in [2.75, 3.05) is 24.5 Å². The fourth-order valence-corrected chi connectivity index (χ4v) is 3.31. The number of halogens is 1. The summed E-state index contributed by atoms with van der Waals surface area (Å²) in [6.07, 6.45) is 1.65.